The van der Waals surface area contributed by atoms with Crippen LogP contribution in [0.3, 0.4) is 0 Å². The minimum absolute atomic E-state index is 0.112. The number of nitrogens with zero attached hydrogens (tertiary/aromatic N) is 1. The van der Waals surface area contributed by atoms with Crippen LogP contribution in [0.1, 0.15) is 90.9 Å². The van der Waals surface area contributed by atoms with Crippen molar-refractivity contribution in [1.82, 2.24) is 10.6 Å². The van der Waals surface area contributed by atoms with Crippen molar-refractivity contribution in [3.63, 3.8) is 0 Å². The van der Waals surface area contributed by atoms with E-state index in [0.717, 1.165) is 51.4 Å². The van der Waals surface area contributed by atoms with Gasteiger partial charge >= 0.3 is 19.8 Å². The molecule has 0 aliphatic heterocycles. The number of nitro groups is 1. The number of unbranched alkanes of at least 4 members (excludes halogenated alkanes) is 10. The van der Waals surface area contributed by atoms with Gasteiger partial charge in [0.25, 0.3) is 5.69 Å². The summed E-state index contributed by atoms with van der Waals surface area (Å²) in [5.41, 5.74) is -0.142. The molecule has 0 fully saturated rings. The van der Waals surface area contributed by atoms with E-state index in [9.17, 15) is 24.3 Å². The van der Waals surface area contributed by atoms with Gasteiger partial charge in [0.05, 0.1) is 11.5 Å². The van der Waals surface area contributed by atoms with Crippen molar-refractivity contribution in [2.24, 2.45) is 0 Å². The molecule has 41 heavy (non-hydrogen) atoms. The van der Waals surface area contributed by atoms with Crippen LogP contribution in [0, 0.1) is 10.1 Å². The van der Waals surface area contributed by atoms with Crippen LogP contribution < -0.4 is 15.2 Å². The Labute approximate surface area is 243 Å². The average molecular weight is 602 g/mol. The lowest BCUT2D eigenvalue weighted by Crippen LogP contribution is -2.36. The Hall–Kier alpha value is -2.85. The summed E-state index contributed by atoms with van der Waals surface area (Å²) in [6.45, 7) is 5.76. The van der Waals surface area contributed by atoms with E-state index in [1.807, 2.05) is 0 Å². The molecule has 1 unspecified atom stereocenters. The van der Waals surface area contributed by atoms with Gasteiger partial charge in [0.2, 0.25) is 0 Å². The topological polar surface area (TPSA) is 155 Å². The van der Waals surface area contributed by atoms with Crippen LogP contribution in [0.25, 0.3) is 0 Å². The van der Waals surface area contributed by atoms with Gasteiger partial charge in [-0.3, -0.25) is 14.6 Å². The highest BCUT2D eigenvalue weighted by Gasteiger charge is 2.25. The summed E-state index contributed by atoms with van der Waals surface area (Å²) < 4.78 is 34.3. The van der Waals surface area contributed by atoms with E-state index in [2.05, 4.69) is 24.5 Å². The molecule has 234 valence electrons. The normalized spacial score (nSPS) is 13.0. The molecule has 2 N–H and O–H groups in total. The Kier molecular flexibility index (Phi) is 19.3. The van der Waals surface area contributed by atoms with Gasteiger partial charge in [0.15, 0.2) is 6.10 Å². The predicted octanol–water partition coefficient (Wildman–Crippen LogP) is 7.36. The molecule has 0 heterocycles. The molecule has 0 aromatic heterocycles. The van der Waals surface area contributed by atoms with Gasteiger partial charge in [-0.15, -0.1) is 0 Å². The molecule has 2 amide bonds. The molecular formula is C28H48N3O9P. The van der Waals surface area contributed by atoms with E-state index >= 15 is 0 Å². The Morgan fingerprint density at radius 1 is 0.829 bits per heavy atom. The smallest absolute Gasteiger partial charge is 0.407 e. The fourth-order valence-corrected chi connectivity index (χ4v) is 4.78. The van der Waals surface area contributed by atoms with E-state index in [1.165, 1.54) is 56.6 Å². The van der Waals surface area contributed by atoms with Crippen LogP contribution in [-0.2, 0) is 18.6 Å². The van der Waals surface area contributed by atoms with Crippen molar-refractivity contribution >= 4 is 25.5 Å². The van der Waals surface area contributed by atoms with Crippen molar-refractivity contribution in [1.29, 1.82) is 0 Å². The van der Waals surface area contributed by atoms with Gasteiger partial charge in [-0.2, -0.15) is 0 Å². The molecule has 13 heteroatoms. The molecule has 0 bridgehead atoms. The summed E-state index contributed by atoms with van der Waals surface area (Å²) in [5.74, 6) is 0.112. The zero-order valence-electron chi connectivity index (χ0n) is 24.8. The fourth-order valence-electron chi connectivity index (χ4n) is 3.79. The standard InChI is InChI=1S/C28H48N3O9P/c1-4-6-8-10-12-14-20-29-27(32)37-22-26(39-28(33)30-21-15-13-11-9-7-5-2)23-38-41(3,36)40-25-18-16-24(17-19-25)31(34)35/h16-19,26H,4-15,20-23H2,1-3H3,(H,29,32)(H,30,33)/t26-,41?/m0/s1. The SMILES string of the molecule is CCCCCCCCNC(=O)OC[C@@H](COP(C)(=O)Oc1ccc([N+](=O)[O-])cc1)OC(=O)NCCCCCCCC. The van der Waals surface area contributed by atoms with E-state index in [-0.39, 0.29) is 24.7 Å². The monoisotopic (exact) mass is 601 g/mol. The Bertz CT molecular complexity index is 931. The number of carbonyl (C=O) groups is 2. The van der Waals surface area contributed by atoms with E-state index in [0.29, 0.717) is 13.1 Å². The highest BCUT2D eigenvalue weighted by molar-refractivity contribution is 7.53. The quantitative estimate of drug-likeness (QED) is 0.0566. The zero-order chi connectivity index (χ0) is 30.3. The molecule has 1 aromatic rings. The number of benzene rings is 1. The summed E-state index contributed by atoms with van der Waals surface area (Å²) in [6.07, 6.45) is 10.5. The zero-order valence-corrected chi connectivity index (χ0v) is 25.7. The lowest BCUT2D eigenvalue weighted by Gasteiger charge is -2.21. The van der Waals surface area contributed by atoms with E-state index in [1.54, 1.807) is 0 Å². The highest BCUT2D eigenvalue weighted by atomic mass is 31.2. The number of carbonyl (C=O) groups excluding carboxylic acids is 2. The molecule has 1 aromatic carbocycles. The number of rotatable bonds is 23. The molecule has 0 saturated carbocycles. The third kappa shape index (κ3) is 19.0. The first-order valence-corrected chi connectivity index (χ1v) is 16.7. The molecule has 2 atom stereocenters. The maximum atomic E-state index is 12.9. The number of alkyl carbamates (subject to hydrolysis) is 2. The highest BCUT2D eigenvalue weighted by Crippen LogP contribution is 2.44. The number of ether oxygens (including phenoxy) is 2. The van der Waals surface area contributed by atoms with Gasteiger partial charge in [0, 0.05) is 31.9 Å². The van der Waals surface area contributed by atoms with Crippen molar-refractivity contribution in [2.75, 3.05) is 33.0 Å². The second-order valence-electron chi connectivity index (χ2n) is 9.92. The summed E-state index contributed by atoms with van der Waals surface area (Å²) in [5, 5.41) is 16.2. The van der Waals surface area contributed by atoms with Crippen molar-refractivity contribution in [3.8, 4) is 5.75 Å². The van der Waals surface area contributed by atoms with Crippen LogP contribution in [-0.4, -0.2) is 56.2 Å². The largest absolute Gasteiger partial charge is 0.446 e. The van der Waals surface area contributed by atoms with Crippen molar-refractivity contribution in [2.45, 2.75) is 97.0 Å². The summed E-state index contributed by atoms with van der Waals surface area (Å²) >= 11 is 0. The van der Waals surface area contributed by atoms with Crippen LogP contribution in [0.4, 0.5) is 15.3 Å². The van der Waals surface area contributed by atoms with Crippen LogP contribution in [0.2, 0.25) is 0 Å². The molecule has 12 nitrogen and oxygen atoms in total. The maximum absolute atomic E-state index is 12.9. The summed E-state index contributed by atoms with van der Waals surface area (Å²) in [6, 6.07) is 5.04. The molecule has 0 spiro atoms. The third-order valence-corrected chi connectivity index (χ3v) is 7.25. The summed E-state index contributed by atoms with van der Waals surface area (Å²) in [7, 11) is -3.71. The molecular weight excluding hydrogens is 553 g/mol. The minimum Gasteiger partial charge on any atom is -0.446 e. The second-order valence-corrected chi connectivity index (χ2v) is 11.9. The lowest BCUT2D eigenvalue weighted by atomic mass is 10.1. The first kappa shape index (κ1) is 36.2. The lowest BCUT2D eigenvalue weighted by molar-refractivity contribution is -0.384. The molecule has 1 rings (SSSR count). The Balaban J connectivity index is 2.57. The predicted molar refractivity (Wildman–Crippen MR) is 158 cm³/mol. The number of nitrogens with one attached hydrogen (secondary N) is 2. The molecule has 0 saturated heterocycles. The molecule has 0 aliphatic carbocycles. The minimum atomic E-state index is -3.71. The third-order valence-electron chi connectivity index (χ3n) is 6.09. The van der Waals surface area contributed by atoms with Gasteiger partial charge in [-0.05, 0) is 25.0 Å². The number of nitro benzene ring substituents is 1. The van der Waals surface area contributed by atoms with Gasteiger partial charge < -0.3 is 24.6 Å². The second kappa shape index (κ2) is 21.8. The van der Waals surface area contributed by atoms with Crippen molar-refractivity contribution in [3.05, 3.63) is 34.4 Å². The van der Waals surface area contributed by atoms with E-state index in [4.69, 9.17) is 18.5 Å². The van der Waals surface area contributed by atoms with E-state index < -0.39 is 30.8 Å². The molecule has 0 aliphatic rings. The molecule has 0 radical (unpaired) electrons. The van der Waals surface area contributed by atoms with Gasteiger partial charge in [-0.25, -0.2) is 14.2 Å². The summed E-state index contributed by atoms with van der Waals surface area (Å²) in [4.78, 5) is 34.8. The van der Waals surface area contributed by atoms with Gasteiger partial charge in [0.1, 0.15) is 12.4 Å². The maximum Gasteiger partial charge on any atom is 0.407 e. The number of hydrogen-bond acceptors (Lipinski definition) is 9. The number of hydrogen-bond donors (Lipinski definition) is 2. The fraction of sp³-hybridized carbons (Fsp3) is 0.714. The van der Waals surface area contributed by atoms with Crippen LogP contribution in [0.15, 0.2) is 24.3 Å². The van der Waals surface area contributed by atoms with Crippen molar-refractivity contribution < 1.29 is 37.6 Å². The van der Waals surface area contributed by atoms with Crippen LogP contribution in [0.5, 0.6) is 5.75 Å². The van der Waals surface area contributed by atoms with Crippen LogP contribution >= 0.6 is 7.60 Å². The average Bonchev–Trinajstić information content (AvgIpc) is 2.93. The first-order valence-electron chi connectivity index (χ1n) is 14.7. The first-order chi connectivity index (χ1) is 19.7. The van der Waals surface area contributed by atoms with Gasteiger partial charge in [-0.1, -0.05) is 78.1 Å². The number of non-ortho nitro benzene ring substituents is 1. The Morgan fingerprint density at radius 2 is 1.34 bits per heavy atom. The number of amides is 2. The Morgan fingerprint density at radius 3 is 1.88 bits per heavy atom.